The molecule has 6 nitrogen and oxygen atoms in total. The molecule has 3 aromatic carbocycles. The van der Waals surface area contributed by atoms with Crippen molar-refractivity contribution in [3.8, 4) is 0 Å². The number of hydrogen-bond donors (Lipinski definition) is 1. The molecule has 0 heterocycles. The third-order valence-electron chi connectivity index (χ3n) is 5.13. The number of fused-ring (bicyclic) bond motifs is 1. The van der Waals surface area contributed by atoms with E-state index in [0.29, 0.717) is 5.39 Å². The Bertz CT molecular complexity index is 1180. The third-order valence-corrected chi connectivity index (χ3v) is 7.14. The molecule has 0 bridgehead atoms. The van der Waals surface area contributed by atoms with Crippen molar-refractivity contribution in [2.75, 3.05) is 32.6 Å². The van der Waals surface area contributed by atoms with Crippen LogP contribution in [-0.2, 0) is 19.6 Å². The average Bonchev–Trinajstić information content (AvgIpc) is 2.76. The van der Waals surface area contributed by atoms with Crippen LogP contribution in [0.2, 0.25) is 0 Å². The van der Waals surface area contributed by atoms with E-state index in [9.17, 15) is 13.2 Å². The van der Waals surface area contributed by atoms with Crippen molar-refractivity contribution in [3.63, 3.8) is 0 Å². The van der Waals surface area contributed by atoms with E-state index in [1.165, 1.54) is 7.11 Å². The van der Waals surface area contributed by atoms with Crippen LogP contribution in [0.3, 0.4) is 0 Å². The Labute approximate surface area is 191 Å². The summed E-state index contributed by atoms with van der Waals surface area (Å²) in [5, 5.41) is 1.50. The van der Waals surface area contributed by atoms with Gasteiger partial charge in [-0.3, -0.25) is 4.79 Å². The summed E-state index contributed by atoms with van der Waals surface area (Å²) in [6.45, 7) is 0.0722. The Balaban J connectivity index is 1.92. The van der Waals surface area contributed by atoms with Crippen molar-refractivity contribution in [2.24, 2.45) is 0 Å². The molecule has 3 aromatic rings. The van der Waals surface area contributed by atoms with Gasteiger partial charge in [-0.2, -0.15) is 0 Å². The quantitative estimate of drug-likeness (QED) is 0.463. The number of nitrogens with one attached hydrogen (secondary N) is 1. The molecule has 1 atom stereocenters. The molecular formula is C23H25BrN2O4S. The average molecular weight is 505 g/mol. The molecule has 0 aliphatic rings. The summed E-state index contributed by atoms with van der Waals surface area (Å²) in [6.07, 6.45) is 0.0704. The summed E-state index contributed by atoms with van der Waals surface area (Å²) >= 11 is 3.39. The van der Waals surface area contributed by atoms with Crippen LogP contribution in [0.15, 0.2) is 70.0 Å². The van der Waals surface area contributed by atoms with Gasteiger partial charge in [0, 0.05) is 47.5 Å². The van der Waals surface area contributed by atoms with Gasteiger partial charge in [-0.25, -0.2) is 13.1 Å². The highest BCUT2D eigenvalue weighted by atomic mass is 79.9. The van der Waals surface area contributed by atoms with Gasteiger partial charge < -0.3 is 9.64 Å². The molecule has 0 fully saturated rings. The van der Waals surface area contributed by atoms with Crippen LogP contribution in [0.5, 0.6) is 0 Å². The number of nitrogens with zero attached hydrogens (tertiary/aromatic N) is 1. The van der Waals surface area contributed by atoms with Crippen molar-refractivity contribution < 1.29 is 17.9 Å². The van der Waals surface area contributed by atoms with Crippen molar-refractivity contribution in [1.29, 1.82) is 0 Å². The first kappa shape index (κ1) is 23.2. The first-order valence-electron chi connectivity index (χ1n) is 9.74. The maximum absolute atomic E-state index is 13.2. The highest BCUT2D eigenvalue weighted by molar-refractivity contribution is 9.10. The first-order chi connectivity index (χ1) is 14.7. The minimum absolute atomic E-state index is 0.0704. The van der Waals surface area contributed by atoms with Gasteiger partial charge in [-0.05, 0) is 29.8 Å². The van der Waals surface area contributed by atoms with E-state index in [0.717, 1.165) is 21.1 Å². The molecule has 0 saturated heterocycles. The molecule has 31 heavy (non-hydrogen) atoms. The number of anilines is 1. The lowest BCUT2D eigenvalue weighted by Crippen LogP contribution is -2.30. The minimum Gasteiger partial charge on any atom is -0.469 e. The maximum Gasteiger partial charge on any atom is 0.306 e. The fourth-order valence-electron chi connectivity index (χ4n) is 3.50. The zero-order chi connectivity index (χ0) is 22.6. The number of carbonyl (C=O) groups excluding carboxylic acids is 1. The third kappa shape index (κ3) is 5.44. The number of ether oxygens (including phenoxy) is 1. The van der Waals surface area contributed by atoms with Crippen molar-refractivity contribution in [3.05, 3.63) is 70.7 Å². The van der Waals surface area contributed by atoms with Crippen molar-refractivity contribution in [2.45, 2.75) is 17.2 Å². The number of esters is 1. The van der Waals surface area contributed by atoms with Gasteiger partial charge in [0.15, 0.2) is 0 Å². The van der Waals surface area contributed by atoms with Crippen molar-refractivity contribution in [1.82, 2.24) is 4.72 Å². The van der Waals surface area contributed by atoms with Gasteiger partial charge in [0.05, 0.1) is 18.4 Å². The van der Waals surface area contributed by atoms with E-state index >= 15 is 0 Å². The molecule has 164 valence electrons. The SMILES string of the molecule is COC(=O)CC(CNS(=O)(=O)c1cccc2c(N(C)C)cccc12)c1ccc(Br)cc1. The van der Waals surface area contributed by atoms with E-state index in [2.05, 4.69) is 20.7 Å². The van der Waals surface area contributed by atoms with E-state index in [4.69, 9.17) is 4.74 Å². The Morgan fingerprint density at radius 2 is 1.68 bits per heavy atom. The number of sulfonamides is 1. The van der Waals surface area contributed by atoms with Gasteiger partial charge in [-0.15, -0.1) is 0 Å². The Morgan fingerprint density at radius 3 is 2.32 bits per heavy atom. The molecule has 0 saturated carbocycles. The van der Waals surface area contributed by atoms with E-state index in [-0.39, 0.29) is 23.8 Å². The predicted octanol–water partition coefficient (Wildman–Crippen LogP) is 4.29. The van der Waals surface area contributed by atoms with Crippen LogP contribution in [0.4, 0.5) is 5.69 Å². The van der Waals surface area contributed by atoms with E-state index < -0.39 is 16.0 Å². The second kappa shape index (κ2) is 9.80. The summed E-state index contributed by atoms with van der Waals surface area (Å²) in [5.74, 6) is -0.754. The summed E-state index contributed by atoms with van der Waals surface area (Å²) in [5.41, 5.74) is 1.79. The Kier molecular flexibility index (Phi) is 7.35. The summed E-state index contributed by atoms with van der Waals surface area (Å²) in [6, 6.07) is 18.3. The standard InChI is InChI=1S/C23H25BrN2O4S/c1-26(2)21-8-4-7-20-19(21)6-5-9-22(20)31(28,29)25-15-17(14-23(27)30-3)16-10-12-18(24)13-11-16/h4-13,17,25H,14-15H2,1-3H3. The fraction of sp³-hybridized carbons (Fsp3) is 0.261. The lowest BCUT2D eigenvalue weighted by molar-refractivity contribution is -0.141. The lowest BCUT2D eigenvalue weighted by Gasteiger charge is -2.19. The normalized spacial score (nSPS) is 12.5. The summed E-state index contributed by atoms with van der Waals surface area (Å²) in [4.78, 5) is 14.1. The van der Waals surface area contributed by atoms with E-state index in [1.807, 2.05) is 61.5 Å². The van der Waals surface area contributed by atoms with Gasteiger partial charge in [0.25, 0.3) is 0 Å². The van der Waals surface area contributed by atoms with Crippen LogP contribution in [-0.4, -0.2) is 42.1 Å². The molecule has 0 aromatic heterocycles. The summed E-state index contributed by atoms with van der Waals surface area (Å²) in [7, 11) is 1.35. The number of rotatable bonds is 8. The van der Waals surface area contributed by atoms with Gasteiger partial charge in [0.2, 0.25) is 10.0 Å². The predicted molar refractivity (Wildman–Crippen MR) is 127 cm³/mol. The summed E-state index contributed by atoms with van der Waals surface area (Å²) < 4.78 is 34.9. The number of halogens is 1. The monoisotopic (exact) mass is 504 g/mol. The van der Waals surface area contributed by atoms with Gasteiger partial charge >= 0.3 is 5.97 Å². The maximum atomic E-state index is 13.2. The van der Waals surface area contributed by atoms with Gasteiger partial charge in [-0.1, -0.05) is 52.3 Å². The molecule has 8 heteroatoms. The zero-order valence-electron chi connectivity index (χ0n) is 17.6. The minimum atomic E-state index is -3.81. The second-order valence-electron chi connectivity index (χ2n) is 7.40. The topological polar surface area (TPSA) is 75.7 Å². The van der Waals surface area contributed by atoms with Crippen LogP contribution in [0, 0.1) is 0 Å². The van der Waals surface area contributed by atoms with Crippen LogP contribution >= 0.6 is 15.9 Å². The fourth-order valence-corrected chi connectivity index (χ4v) is 5.07. The van der Waals surface area contributed by atoms with Crippen LogP contribution in [0.1, 0.15) is 17.9 Å². The number of benzene rings is 3. The van der Waals surface area contributed by atoms with Gasteiger partial charge in [0.1, 0.15) is 0 Å². The lowest BCUT2D eigenvalue weighted by atomic mass is 9.96. The highest BCUT2D eigenvalue weighted by Crippen LogP contribution is 2.30. The molecule has 0 spiro atoms. The molecule has 3 rings (SSSR count). The molecule has 1 N–H and O–H groups in total. The Hall–Kier alpha value is -2.42. The molecule has 0 radical (unpaired) electrons. The largest absolute Gasteiger partial charge is 0.469 e. The molecular weight excluding hydrogens is 480 g/mol. The zero-order valence-corrected chi connectivity index (χ0v) is 20.0. The Morgan fingerprint density at radius 1 is 1.03 bits per heavy atom. The highest BCUT2D eigenvalue weighted by Gasteiger charge is 2.23. The molecule has 0 aliphatic carbocycles. The number of methoxy groups -OCH3 is 1. The van der Waals surface area contributed by atoms with Crippen LogP contribution < -0.4 is 9.62 Å². The number of hydrogen-bond acceptors (Lipinski definition) is 5. The van der Waals surface area contributed by atoms with Crippen molar-refractivity contribution >= 4 is 48.4 Å². The smallest absolute Gasteiger partial charge is 0.306 e. The molecule has 1 unspecified atom stereocenters. The second-order valence-corrected chi connectivity index (χ2v) is 10.1. The number of carbonyl (C=O) groups is 1. The molecule has 0 amide bonds. The van der Waals surface area contributed by atoms with Crippen LogP contribution in [0.25, 0.3) is 10.8 Å². The first-order valence-corrected chi connectivity index (χ1v) is 12.0. The van der Waals surface area contributed by atoms with E-state index in [1.54, 1.807) is 18.2 Å². The molecule has 0 aliphatic heterocycles.